The maximum Gasteiger partial charge on any atom is 0.321 e. The fourth-order valence-corrected chi connectivity index (χ4v) is 6.24. The lowest BCUT2D eigenvalue weighted by atomic mass is 9.97. The van der Waals surface area contributed by atoms with E-state index in [2.05, 4.69) is 49.1 Å². The molecule has 1 N–H and O–H groups in total. The van der Waals surface area contributed by atoms with Gasteiger partial charge >= 0.3 is 6.03 Å². The topological polar surface area (TPSA) is 64.6 Å². The number of anilines is 2. The van der Waals surface area contributed by atoms with Crippen molar-refractivity contribution < 1.29 is 4.79 Å². The van der Waals surface area contributed by atoms with E-state index in [1.54, 1.807) is 0 Å². The fourth-order valence-electron chi connectivity index (χ4n) is 4.97. The maximum absolute atomic E-state index is 13.0. The van der Waals surface area contributed by atoms with Gasteiger partial charge in [-0.15, -0.1) is 11.3 Å². The first-order chi connectivity index (χ1) is 16.4. The third-order valence-corrected chi connectivity index (χ3v) is 8.20. The Kier molecular flexibility index (Phi) is 6.44. The van der Waals surface area contributed by atoms with Gasteiger partial charge < -0.3 is 20.0 Å². The number of amides is 2. The molecule has 1 fully saturated rings. The molecule has 7 nitrogen and oxygen atoms in total. The number of nitrogens with one attached hydrogen (secondary N) is 1. The van der Waals surface area contributed by atoms with Crippen LogP contribution in [0.25, 0.3) is 10.2 Å². The molecule has 1 saturated heterocycles. The molecule has 3 heterocycles. The average Bonchev–Trinajstić information content (AvgIpc) is 3.19. The summed E-state index contributed by atoms with van der Waals surface area (Å²) < 4.78 is 0. The van der Waals surface area contributed by atoms with Gasteiger partial charge in [0, 0.05) is 36.7 Å². The summed E-state index contributed by atoms with van der Waals surface area (Å²) in [4.78, 5) is 32.0. The number of rotatable bonds is 4. The number of aromatic nitrogens is 2. The summed E-state index contributed by atoms with van der Waals surface area (Å²) in [6.45, 7) is 7.76. The van der Waals surface area contributed by atoms with Crippen LogP contribution in [0, 0.1) is 13.8 Å². The number of carbonyl (C=O) groups excluding carboxylic acids is 1. The first-order valence-corrected chi connectivity index (χ1v) is 13.1. The van der Waals surface area contributed by atoms with Gasteiger partial charge in [-0.3, -0.25) is 0 Å². The Morgan fingerprint density at radius 2 is 1.85 bits per heavy atom. The van der Waals surface area contributed by atoms with Crippen LogP contribution < -0.4 is 10.2 Å². The van der Waals surface area contributed by atoms with E-state index < -0.39 is 0 Å². The lowest BCUT2D eigenvalue weighted by Gasteiger charge is -2.36. The molecule has 0 bridgehead atoms. The van der Waals surface area contributed by atoms with Crippen molar-refractivity contribution in [3.8, 4) is 0 Å². The zero-order valence-corrected chi connectivity index (χ0v) is 21.5. The molecular formula is C26H34N6OS. The van der Waals surface area contributed by atoms with Crippen molar-refractivity contribution in [1.29, 1.82) is 0 Å². The van der Waals surface area contributed by atoms with Crippen molar-refractivity contribution in [3.05, 3.63) is 45.6 Å². The van der Waals surface area contributed by atoms with Gasteiger partial charge in [0.25, 0.3) is 0 Å². The molecule has 180 valence electrons. The second-order valence-electron chi connectivity index (χ2n) is 9.74. The molecule has 1 aliphatic heterocycles. The molecule has 8 heteroatoms. The van der Waals surface area contributed by atoms with E-state index in [-0.39, 0.29) is 6.03 Å². The van der Waals surface area contributed by atoms with Crippen molar-refractivity contribution in [3.63, 3.8) is 0 Å². The standard InChI is InChI=1S/C26H34N6OS/c1-17-8-7-10-20(18(17)2)27-26(33)32-14-12-31(13-15-32)24-23-19-9-5-6-11-21(19)34-25(23)29-22(28-24)16-30(3)4/h7-8,10H,5-6,9,11-16H2,1-4H3,(H,27,33). The van der Waals surface area contributed by atoms with Crippen LogP contribution in [0.5, 0.6) is 0 Å². The second kappa shape index (κ2) is 9.50. The van der Waals surface area contributed by atoms with Crippen molar-refractivity contribution in [1.82, 2.24) is 19.8 Å². The molecule has 0 spiro atoms. The van der Waals surface area contributed by atoms with Crippen molar-refractivity contribution in [2.24, 2.45) is 0 Å². The number of urea groups is 1. The van der Waals surface area contributed by atoms with Gasteiger partial charge in [0.15, 0.2) is 0 Å². The van der Waals surface area contributed by atoms with Gasteiger partial charge in [-0.1, -0.05) is 12.1 Å². The smallest absolute Gasteiger partial charge is 0.321 e. The predicted octanol–water partition coefficient (Wildman–Crippen LogP) is 4.60. The number of benzene rings is 1. The Morgan fingerprint density at radius 3 is 2.62 bits per heavy atom. The average molecular weight is 479 g/mol. The number of piperazine rings is 1. The molecule has 2 aliphatic rings. The number of thiophene rings is 1. The predicted molar refractivity (Wildman–Crippen MR) is 140 cm³/mol. The molecule has 1 aromatic carbocycles. The third kappa shape index (κ3) is 4.49. The normalized spacial score (nSPS) is 16.3. The highest BCUT2D eigenvalue weighted by Gasteiger charge is 2.27. The Bertz CT molecular complexity index is 1210. The Labute approximate surface area is 205 Å². The number of nitrogens with zero attached hydrogens (tertiary/aromatic N) is 5. The Hall–Kier alpha value is -2.71. The van der Waals surface area contributed by atoms with E-state index >= 15 is 0 Å². The molecular weight excluding hydrogens is 444 g/mol. The molecule has 5 rings (SSSR count). The summed E-state index contributed by atoms with van der Waals surface area (Å²) in [5, 5.41) is 4.37. The molecule has 2 aromatic heterocycles. The van der Waals surface area contributed by atoms with Gasteiger partial charge in [0.1, 0.15) is 16.5 Å². The van der Waals surface area contributed by atoms with E-state index in [0.29, 0.717) is 13.1 Å². The van der Waals surface area contributed by atoms with Crippen LogP contribution >= 0.6 is 11.3 Å². The summed E-state index contributed by atoms with van der Waals surface area (Å²) in [7, 11) is 4.11. The van der Waals surface area contributed by atoms with Crippen molar-refractivity contribution in [2.45, 2.75) is 46.1 Å². The highest BCUT2D eigenvalue weighted by atomic mass is 32.1. The summed E-state index contributed by atoms with van der Waals surface area (Å²) in [6.07, 6.45) is 4.79. The number of fused-ring (bicyclic) bond motifs is 3. The van der Waals surface area contributed by atoms with Gasteiger partial charge in [0.2, 0.25) is 0 Å². The van der Waals surface area contributed by atoms with Crippen molar-refractivity contribution >= 4 is 39.1 Å². The minimum Gasteiger partial charge on any atom is -0.352 e. The zero-order valence-electron chi connectivity index (χ0n) is 20.6. The van der Waals surface area contributed by atoms with Gasteiger partial charge in [-0.2, -0.15) is 0 Å². The van der Waals surface area contributed by atoms with E-state index in [0.717, 1.165) is 60.2 Å². The SMILES string of the molecule is Cc1cccc(NC(=O)N2CCN(c3nc(CN(C)C)nc4sc5c(c34)CCCC5)CC2)c1C. The largest absolute Gasteiger partial charge is 0.352 e. The molecule has 0 unspecified atom stereocenters. The van der Waals surface area contributed by atoms with Crippen LogP contribution in [0.3, 0.4) is 0 Å². The Balaban J connectivity index is 1.37. The first kappa shape index (κ1) is 23.1. The molecule has 2 amide bonds. The lowest BCUT2D eigenvalue weighted by Crippen LogP contribution is -2.50. The number of hydrogen-bond donors (Lipinski definition) is 1. The third-order valence-electron chi connectivity index (χ3n) is 7.01. The summed E-state index contributed by atoms with van der Waals surface area (Å²) in [5.41, 5.74) is 4.66. The number of carbonyl (C=O) groups is 1. The van der Waals surface area contributed by atoms with Gasteiger partial charge in [-0.25, -0.2) is 14.8 Å². The van der Waals surface area contributed by atoms with E-state index in [1.807, 2.05) is 28.4 Å². The van der Waals surface area contributed by atoms with Gasteiger partial charge in [-0.05, 0) is 76.4 Å². The van der Waals surface area contributed by atoms with Crippen LogP contribution in [-0.4, -0.2) is 66.1 Å². The monoisotopic (exact) mass is 478 g/mol. The first-order valence-electron chi connectivity index (χ1n) is 12.2. The molecule has 0 saturated carbocycles. The molecule has 0 atom stereocenters. The van der Waals surface area contributed by atoms with Crippen LogP contribution in [0.15, 0.2) is 18.2 Å². The fraction of sp³-hybridized carbons (Fsp3) is 0.500. The second-order valence-corrected chi connectivity index (χ2v) is 10.8. The quantitative estimate of drug-likeness (QED) is 0.594. The van der Waals surface area contributed by atoms with Crippen LogP contribution in [0.2, 0.25) is 0 Å². The van der Waals surface area contributed by atoms with E-state index in [1.165, 1.54) is 34.2 Å². The summed E-state index contributed by atoms with van der Waals surface area (Å²) in [5.74, 6) is 1.94. The zero-order chi connectivity index (χ0) is 23.8. The highest BCUT2D eigenvalue weighted by molar-refractivity contribution is 7.19. The summed E-state index contributed by atoms with van der Waals surface area (Å²) >= 11 is 1.86. The minimum absolute atomic E-state index is 0.0256. The molecule has 1 aliphatic carbocycles. The van der Waals surface area contributed by atoms with Crippen LogP contribution in [0.1, 0.15) is 40.2 Å². The van der Waals surface area contributed by atoms with E-state index in [4.69, 9.17) is 9.97 Å². The molecule has 3 aromatic rings. The van der Waals surface area contributed by atoms with Crippen LogP contribution in [-0.2, 0) is 19.4 Å². The molecule has 0 radical (unpaired) electrons. The minimum atomic E-state index is -0.0256. The van der Waals surface area contributed by atoms with Gasteiger partial charge in [0.05, 0.1) is 11.9 Å². The van der Waals surface area contributed by atoms with Crippen LogP contribution in [0.4, 0.5) is 16.3 Å². The number of aryl methyl sites for hydroxylation is 3. The molecule has 34 heavy (non-hydrogen) atoms. The number of hydrogen-bond acceptors (Lipinski definition) is 6. The Morgan fingerprint density at radius 1 is 1.09 bits per heavy atom. The summed E-state index contributed by atoms with van der Waals surface area (Å²) in [6, 6.07) is 6.01. The maximum atomic E-state index is 13.0. The van der Waals surface area contributed by atoms with E-state index in [9.17, 15) is 4.79 Å². The lowest BCUT2D eigenvalue weighted by molar-refractivity contribution is 0.208. The highest BCUT2D eigenvalue weighted by Crippen LogP contribution is 2.40. The van der Waals surface area contributed by atoms with Crippen molar-refractivity contribution in [2.75, 3.05) is 50.5 Å².